The topological polar surface area (TPSA) is 180 Å². The van der Waals surface area contributed by atoms with Crippen LogP contribution >= 0.6 is 0 Å². The van der Waals surface area contributed by atoms with Crippen LogP contribution in [-0.4, -0.2) is 41.8 Å². The van der Waals surface area contributed by atoms with Crippen LogP contribution in [0.15, 0.2) is 64.3 Å². The molecule has 1 amide bonds. The predicted molar refractivity (Wildman–Crippen MR) is 112 cm³/mol. The molecular weight excluding hydrogens is 418 g/mol. The molecule has 2 aromatic carbocycles. The van der Waals surface area contributed by atoms with Gasteiger partial charge < -0.3 is 5.73 Å². The van der Waals surface area contributed by atoms with E-state index < -0.39 is 10.8 Å². The molecule has 160 valence electrons. The van der Waals surface area contributed by atoms with E-state index in [1.54, 1.807) is 37.3 Å². The molecule has 0 atom stereocenters. The molecule has 3 N–H and O–H groups in total. The van der Waals surface area contributed by atoms with Crippen molar-refractivity contribution in [1.82, 2.24) is 30.7 Å². The average molecular weight is 433 g/mol. The molecule has 0 aliphatic heterocycles. The second kappa shape index (κ2) is 8.43. The molecule has 0 unspecified atom stereocenters. The predicted octanol–water partition coefficient (Wildman–Crippen LogP) is 1.96. The zero-order valence-corrected chi connectivity index (χ0v) is 16.5. The highest BCUT2D eigenvalue weighted by Crippen LogP contribution is 2.26. The minimum Gasteiger partial charge on any atom is -0.378 e. The summed E-state index contributed by atoms with van der Waals surface area (Å²) in [5, 5.41) is 30.2. The second-order valence-corrected chi connectivity index (χ2v) is 6.48. The van der Waals surface area contributed by atoms with E-state index in [-0.39, 0.29) is 23.0 Å². The Morgan fingerprint density at radius 3 is 2.66 bits per heavy atom. The fourth-order valence-corrected chi connectivity index (χ4v) is 2.87. The third kappa shape index (κ3) is 3.89. The molecule has 13 nitrogen and oxygen atoms in total. The number of hydrogen-bond donors (Lipinski definition) is 2. The monoisotopic (exact) mass is 433 g/mol. The number of anilines is 1. The number of amides is 1. The Kier molecular flexibility index (Phi) is 5.36. The number of rotatable bonds is 6. The highest BCUT2D eigenvalue weighted by Gasteiger charge is 2.25. The van der Waals surface area contributed by atoms with Gasteiger partial charge in [0.25, 0.3) is 11.6 Å². The summed E-state index contributed by atoms with van der Waals surface area (Å²) in [5.41, 5.74) is 9.80. The third-order valence-electron chi connectivity index (χ3n) is 4.43. The van der Waals surface area contributed by atoms with Crippen LogP contribution in [-0.2, 0) is 0 Å². The molecule has 0 spiro atoms. The van der Waals surface area contributed by atoms with E-state index in [0.29, 0.717) is 22.5 Å². The van der Waals surface area contributed by atoms with Crippen molar-refractivity contribution in [1.29, 1.82) is 0 Å². The summed E-state index contributed by atoms with van der Waals surface area (Å²) in [6.45, 7) is 1.61. The molecule has 0 aliphatic rings. The molecule has 0 saturated heterocycles. The summed E-state index contributed by atoms with van der Waals surface area (Å²) in [7, 11) is 0. The minimum absolute atomic E-state index is 0.0291. The molecule has 13 heteroatoms. The third-order valence-corrected chi connectivity index (χ3v) is 4.43. The van der Waals surface area contributed by atoms with Crippen molar-refractivity contribution in [3.8, 4) is 17.1 Å². The number of hydrazone groups is 1. The van der Waals surface area contributed by atoms with Crippen molar-refractivity contribution in [3.05, 3.63) is 76.0 Å². The van der Waals surface area contributed by atoms with Crippen molar-refractivity contribution < 1.29 is 14.3 Å². The lowest BCUT2D eigenvalue weighted by molar-refractivity contribution is -0.384. The number of nitrogens with two attached hydrogens (primary N) is 1. The van der Waals surface area contributed by atoms with Gasteiger partial charge in [-0.15, -0.1) is 5.10 Å². The average Bonchev–Trinajstić information content (AvgIpc) is 3.43. The van der Waals surface area contributed by atoms with Crippen molar-refractivity contribution in [2.24, 2.45) is 5.10 Å². The smallest absolute Gasteiger partial charge is 0.294 e. The Morgan fingerprint density at radius 2 is 1.97 bits per heavy atom. The number of hydrogen-bond acceptors (Lipinski definition) is 10. The van der Waals surface area contributed by atoms with Gasteiger partial charge in [0.1, 0.15) is 5.69 Å². The summed E-state index contributed by atoms with van der Waals surface area (Å²) >= 11 is 0. The number of nitro benzene ring substituents is 1. The number of nitrogen functional groups attached to an aromatic ring is 1. The van der Waals surface area contributed by atoms with Gasteiger partial charge in [-0.1, -0.05) is 47.7 Å². The van der Waals surface area contributed by atoms with Gasteiger partial charge in [0, 0.05) is 23.3 Å². The van der Waals surface area contributed by atoms with Gasteiger partial charge in [-0.2, -0.15) is 9.78 Å². The summed E-state index contributed by atoms with van der Waals surface area (Å²) in [6, 6.07) is 14.8. The van der Waals surface area contributed by atoms with E-state index in [0.717, 1.165) is 0 Å². The molecule has 4 aromatic rings. The van der Waals surface area contributed by atoms with Crippen LogP contribution in [0.4, 0.5) is 11.5 Å². The first-order valence-corrected chi connectivity index (χ1v) is 9.14. The van der Waals surface area contributed by atoms with Crippen LogP contribution in [0.2, 0.25) is 0 Å². The number of nitro groups is 1. The summed E-state index contributed by atoms with van der Waals surface area (Å²) in [5.74, 6) is -0.611. The molecule has 2 heterocycles. The molecule has 4 rings (SSSR count). The molecule has 0 radical (unpaired) electrons. The quantitative estimate of drug-likeness (QED) is 0.261. The SMILES string of the molecule is C/C(=N/NC(=O)c1nnn(-c2nonc2N)c1-c1ccccc1)c1cccc([N+](=O)[O-])c1. The molecular formula is C19H15N9O4. The van der Waals surface area contributed by atoms with E-state index in [2.05, 4.69) is 35.8 Å². The lowest BCUT2D eigenvalue weighted by atomic mass is 10.1. The van der Waals surface area contributed by atoms with Crippen LogP contribution in [0.3, 0.4) is 0 Å². The first kappa shape index (κ1) is 20.3. The zero-order valence-electron chi connectivity index (χ0n) is 16.5. The normalized spacial score (nSPS) is 11.3. The van der Waals surface area contributed by atoms with Crippen molar-refractivity contribution >= 4 is 23.1 Å². The summed E-state index contributed by atoms with van der Waals surface area (Å²) < 4.78 is 5.87. The number of nitrogens with zero attached hydrogens (tertiary/aromatic N) is 7. The number of aromatic nitrogens is 5. The Bertz CT molecular complexity index is 1330. The maximum Gasteiger partial charge on any atom is 0.294 e. The van der Waals surface area contributed by atoms with Gasteiger partial charge >= 0.3 is 0 Å². The van der Waals surface area contributed by atoms with Crippen LogP contribution in [0.25, 0.3) is 17.1 Å². The van der Waals surface area contributed by atoms with Gasteiger partial charge in [-0.25, -0.2) is 10.1 Å². The highest BCUT2D eigenvalue weighted by atomic mass is 16.6. The Balaban J connectivity index is 1.68. The van der Waals surface area contributed by atoms with E-state index >= 15 is 0 Å². The van der Waals surface area contributed by atoms with Gasteiger partial charge in [-0.05, 0) is 17.2 Å². The minimum atomic E-state index is -0.657. The van der Waals surface area contributed by atoms with Gasteiger partial charge in [0.15, 0.2) is 5.69 Å². The van der Waals surface area contributed by atoms with Crippen LogP contribution in [0.5, 0.6) is 0 Å². The number of nitrogens with one attached hydrogen (secondary N) is 1. The molecule has 2 aromatic heterocycles. The second-order valence-electron chi connectivity index (χ2n) is 6.48. The van der Waals surface area contributed by atoms with Crippen LogP contribution in [0.1, 0.15) is 23.0 Å². The Morgan fingerprint density at radius 1 is 1.19 bits per heavy atom. The lowest BCUT2D eigenvalue weighted by Gasteiger charge is -2.06. The molecule has 0 fully saturated rings. The fourth-order valence-electron chi connectivity index (χ4n) is 2.87. The maximum atomic E-state index is 12.9. The summed E-state index contributed by atoms with van der Waals surface area (Å²) in [4.78, 5) is 23.4. The van der Waals surface area contributed by atoms with Gasteiger partial charge in [0.05, 0.1) is 10.6 Å². The highest BCUT2D eigenvalue weighted by molar-refractivity contribution is 6.02. The van der Waals surface area contributed by atoms with Crippen LogP contribution in [0, 0.1) is 10.1 Å². The van der Waals surface area contributed by atoms with Gasteiger partial charge in [-0.3, -0.25) is 14.9 Å². The maximum absolute atomic E-state index is 12.9. The first-order valence-electron chi connectivity index (χ1n) is 9.14. The summed E-state index contributed by atoms with van der Waals surface area (Å²) in [6.07, 6.45) is 0. The molecule has 32 heavy (non-hydrogen) atoms. The van der Waals surface area contributed by atoms with E-state index in [4.69, 9.17) is 5.73 Å². The van der Waals surface area contributed by atoms with Crippen molar-refractivity contribution in [2.45, 2.75) is 6.92 Å². The lowest BCUT2D eigenvalue weighted by Crippen LogP contribution is -2.21. The molecule has 0 bridgehead atoms. The van der Waals surface area contributed by atoms with E-state index in [1.807, 2.05) is 6.07 Å². The molecule has 0 saturated carbocycles. The zero-order chi connectivity index (χ0) is 22.7. The van der Waals surface area contributed by atoms with E-state index in [9.17, 15) is 14.9 Å². The Labute approximate surface area is 179 Å². The first-order chi connectivity index (χ1) is 15.5. The standard InChI is InChI=1S/C19H15N9O4/c1-11(13-8-5-9-14(10-13)28(30)31)21-23-19(29)15-16(12-6-3-2-4-7-12)27(26-22-15)18-17(20)24-32-25-18/h2-10H,1H3,(H2,20,24)(H,23,29)/b21-11-. The van der Waals surface area contributed by atoms with Crippen molar-refractivity contribution in [2.75, 3.05) is 5.73 Å². The van der Waals surface area contributed by atoms with Crippen LogP contribution < -0.4 is 11.2 Å². The van der Waals surface area contributed by atoms with Gasteiger partial charge in [0.2, 0.25) is 11.6 Å². The number of carbonyl (C=O) groups excluding carboxylic acids is 1. The van der Waals surface area contributed by atoms with E-state index in [1.165, 1.54) is 22.9 Å². The number of carbonyl (C=O) groups is 1. The Hall–Kier alpha value is -4.94. The van der Waals surface area contributed by atoms with Crippen molar-refractivity contribution in [3.63, 3.8) is 0 Å². The molecule has 0 aliphatic carbocycles. The largest absolute Gasteiger partial charge is 0.378 e. The number of benzene rings is 2. The fraction of sp³-hybridized carbons (Fsp3) is 0.0526. The number of non-ortho nitro benzene ring substituents is 1.